The van der Waals surface area contributed by atoms with E-state index in [-0.39, 0.29) is 0 Å². The third kappa shape index (κ3) is 1.74. The fourth-order valence-corrected chi connectivity index (χ4v) is 1.18. The summed E-state index contributed by atoms with van der Waals surface area (Å²) in [5, 5.41) is 7.44. The van der Waals surface area contributed by atoms with E-state index in [4.69, 9.17) is 11.1 Å². The van der Waals surface area contributed by atoms with E-state index in [2.05, 4.69) is 4.74 Å². The topological polar surface area (TPSA) is 76.2 Å². The number of benzene rings is 1. The van der Waals surface area contributed by atoms with Crippen molar-refractivity contribution in [2.45, 2.75) is 6.92 Å². The van der Waals surface area contributed by atoms with Gasteiger partial charge in [0.1, 0.15) is 0 Å². The van der Waals surface area contributed by atoms with Gasteiger partial charge < -0.3 is 15.9 Å². The lowest BCUT2D eigenvalue weighted by molar-refractivity contribution is 0.0602. The molecule has 14 heavy (non-hydrogen) atoms. The van der Waals surface area contributed by atoms with Gasteiger partial charge in [0.15, 0.2) is 0 Å². The molecule has 0 heterocycles. The Morgan fingerprint density at radius 2 is 2.00 bits per heavy atom. The molecule has 4 nitrogen and oxygen atoms in total. The van der Waals surface area contributed by atoms with Gasteiger partial charge in [-0.25, -0.2) is 4.79 Å². The van der Waals surface area contributed by atoms with Crippen molar-refractivity contribution in [2.75, 3.05) is 12.8 Å². The van der Waals surface area contributed by atoms with Crippen LogP contribution in [-0.2, 0) is 4.74 Å². The highest BCUT2D eigenvalue weighted by molar-refractivity contribution is 6.06. The Hall–Kier alpha value is -1.84. The summed E-state index contributed by atoms with van der Waals surface area (Å²) in [6, 6.07) is 4.95. The number of methoxy groups -OCH3 is 1. The largest absolute Gasteiger partial charge is 0.465 e. The molecule has 74 valence electrons. The summed E-state index contributed by atoms with van der Waals surface area (Å²) < 4.78 is 4.56. The van der Waals surface area contributed by atoms with Gasteiger partial charge in [0.25, 0.3) is 0 Å². The standard InChI is InChI=1S/C10H12N2O2/c1-6(11)7-4-3-5-8(9(7)12)10(13)14-2/h3-5,11H,12H2,1-2H3. The first-order chi connectivity index (χ1) is 6.57. The minimum absolute atomic E-state index is 0.298. The van der Waals surface area contributed by atoms with Crippen LogP contribution in [0.1, 0.15) is 22.8 Å². The molecule has 0 saturated carbocycles. The number of rotatable bonds is 2. The SMILES string of the molecule is COC(=O)c1cccc(C(C)=N)c1N. The molecule has 0 fully saturated rings. The Balaban J connectivity index is 3.27. The van der Waals surface area contributed by atoms with Crippen LogP contribution < -0.4 is 5.73 Å². The zero-order valence-corrected chi connectivity index (χ0v) is 8.13. The van der Waals surface area contributed by atoms with Gasteiger partial charge in [0, 0.05) is 11.3 Å². The smallest absolute Gasteiger partial charge is 0.339 e. The number of nitrogens with one attached hydrogen (secondary N) is 1. The van der Waals surface area contributed by atoms with Crippen LogP contribution in [0.25, 0.3) is 0 Å². The zero-order valence-electron chi connectivity index (χ0n) is 8.13. The van der Waals surface area contributed by atoms with Gasteiger partial charge in [-0.1, -0.05) is 12.1 Å². The fourth-order valence-electron chi connectivity index (χ4n) is 1.18. The Bertz CT molecular complexity index is 386. The van der Waals surface area contributed by atoms with Crippen molar-refractivity contribution in [3.05, 3.63) is 29.3 Å². The lowest BCUT2D eigenvalue weighted by atomic mass is 10.0. The van der Waals surface area contributed by atoms with Crippen molar-refractivity contribution in [2.24, 2.45) is 0 Å². The summed E-state index contributed by atoms with van der Waals surface area (Å²) in [7, 11) is 1.30. The number of nitrogen functional groups attached to an aromatic ring is 1. The summed E-state index contributed by atoms with van der Waals surface area (Å²) in [5.74, 6) is -0.481. The van der Waals surface area contributed by atoms with Gasteiger partial charge in [0.2, 0.25) is 0 Å². The Morgan fingerprint density at radius 3 is 2.50 bits per heavy atom. The Kier molecular flexibility index (Phi) is 2.86. The molecule has 1 aromatic carbocycles. The average Bonchev–Trinajstić information content (AvgIpc) is 2.16. The molecule has 1 rings (SSSR count). The van der Waals surface area contributed by atoms with Gasteiger partial charge in [-0.05, 0) is 13.0 Å². The second kappa shape index (κ2) is 3.91. The first kappa shape index (κ1) is 10.2. The van der Waals surface area contributed by atoms with E-state index in [1.165, 1.54) is 7.11 Å². The highest BCUT2D eigenvalue weighted by atomic mass is 16.5. The van der Waals surface area contributed by atoms with Crippen LogP contribution in [0, 0.1) is 5.41 Å². The molecule has 0 amide bonds. The highest BCUT2D eigenvalue weighted by Gasteiger charge is 2.12. The Morgan fingerprint density at radius 1 is 1.43 bits per heavy atom. The van der Waals surface area contributed by atoms with Gasteiger partial charge in [-0.15, -0.1) is 0 Å². The number of anilines is 1. The van der Waals surface area contributed by atoms with Crippen molar-refractivity contribution in [3.8, 4) is 0 Å². The van der Waals surface area contributed by atoms with Crippen LogP contribution in [-0.4, -0.2) is 18.8 Å². The highest BCUT2D eigenvalue weighted by Crippen LogP contribution is 2.18. The lowest BCUT2D eigenvalue weighted by Crippen LogP contribution is -2.09. The van der Waals surface area contributed by atoms with Crippen molar-refractivity contribution in [1.82, 2.24) is 0 Å². The number of ether oxygens (including phenoxy) is 1. The normalized spacial score (nSPS) is 9.57. The summed E-state index contributed by atoms with van der Waals surface area (Å²) >= 11 is 0. The van der Waals surface area contributed by atoms with Gasteiger partial charge in [-0.3, -0.25) is 0 Å². The van der Waals surface area contributed by atoms with E-state index >= 15 is 0 Å². The number of para-hydroxylation sites is 1. The molecule has 0 aliphatic carbocycles. The molecule has 0 aliphatic rings. The monoisotopic (exact) mass is 192 g/mol. The molecule has 1 aromatic rings. The quantitative estimate of drug-likeness (QED) is 0.423. The lowest BCUT2D eigenvalue weighted by Gasteiger charge is -2.07. The van der Waals surface area contributed by atoms with E-state index in [9.17, 15) is 4.79 Å². The summed E-state index contributed by atoms with van der Waals surface area (Å²) in [5.41, 5.74) is 7.21. The van der Waals surface area contributed by atoms with Gasteiger partial charge in [-0.2, -0.15) is 0 Å². The molecule has 0 radical (unpaired) electrons. The first-order valence-corrected chi connectivity index (χ1v) is 4.10. The third-order valence-electron chi connectivity index (χ3n) is 1.92. The molecule has 4 heteroatoms. The number of esters is 1. The zero-order chi connectivity index (χ0) is 10.7. The average molecular weight is 192 g/mol. The maximum Gasteiger partial charge on any atom is 0.339 e. The second-order valence-electron chi connectivity index (χ2n) is 2.88. The van der Waals surface area contributed by atoms with Crippen LogP contribution in [0.3, 0.4) is 0 Å². The van der Waals surface area contributed by atoms with E-state index in [1.807, 2.05) is 0 Å². The summed E-state index contributed by atoms with van der Waals surface area (Å²) in [6.07, 6.45) is 0. The number of hydrogen-bond acceptors (Lipinski definition) is 4. The van der Waals surface area contributed by atoms with Crippen molar-refractivity contribution < 1.29 is 9.53 Å². The van der Waals surface area contributed by atoms with Crippen LogP contribution in [0.4, 0.5) is 5.69 Å². The molecule has 0 aromatic heterocycles. The number of hydrogen-bond donors (Lipinski definition) is 2. The van der Waals surface area contributed by atoms with Crippen LogP contribution in [0.15, 0.2) is 18.2 Å². The summed E-state index contributed by atoms with van der Waals surface area (Å²) in [4.78, 5) is 11.2. The first-order valence-electron chi connectivity index (χ1n) is 4.10. The minimum Gasteiger partial charge on any atom is -0.465 e. The summed E-state index contributed by atoms with van der Waals surface area (Å²) in [6.45, 7) is 1.62. The second-order valence-corrected chi connectivity index (χ2v) is 2.88. The third-order valence-corrected chi connectivity index (χ3v) is 1.92. The van der Waals surface area contributed by atoms with E-state index in [0.717, 1.165) is 0 Å². The fraction of sp³-hybridized carbons (Fsp3) is 0.200. The van der Waals surface area contributed by atoms with Crippen molar-refractivity contribution >= 4 is 17.4 Å². The number of carbonyl (C=O) groups is 1. The molecule has 3 N–H and O–H groups in total. The predicted molar refractivity (Wildman–Crippen MR) is 54.7 cm³/mol. The molecular weight excluding hydrogens is 180 g/mol. The van der Waals surface area contributed by atoms with Crippen molar-refractivity contribution in [1.29, 1.82) is 5.41 Å². The van der Waals surface area contributed by atoms with Gasteiger partial charge in [0.05, 0.1) is 18.4 Å². The van der Waals surface area contributed by atoms with Crippen LogP contribution in [0.2, 0.25) is 0 Å². The molecule has 0 spiro atoms. The molecular formula is C10H12N2O2. The number of carbonyl (C=O) groups excluding carboxylic acids is 1. The molecule has 0 unspecified atom stereocenters. The van der Waals surface area contributed by atoms with Crippen molar-refractivity contribution in [3.63, 3.8) is 0 Å². The molecule has 0 bridgehead atoms. The maximum absolute atomic E-state index is 11.2. The molecule has 0 saturated heterocycles. The maximum atomic E-state index is 11.2. The minimum atomic E-state index is -0.481. The van der Waals surface area contributed by atoms with E-state index < -0.39 is 5.97 Å². The molecule has 0 atom stereocenters. The predicted octanol–water partition coefficient (Wildman–Crippen LogP) is 1.44. The van der Waals surface area contributed by atoms with Gasteiger partial charge >= 0.3 is 5.97 Å². The Labute approximate surface area is 82.2 Å². The van der Waals surface area contributed by atoms with E-state index in [0.29, 0.717) is 22.5 Å². The molecule has 0 aliphatic heterocycles. The number of nitrogens with two attached hydrogens (primary N) is 1. The van der Waals surface area contributed by atoms with E-state index in [1.54, 1.807) is 25.1 Å². The van der Waals surface area contributed by atoms with Crippen LogP contribution in [0.5, 0.6) is 0 Å². The van der Waals surface area contributed by atoms with Crippen LogP contribution >= 0.6 is 0 Å².